The van der Waals surface area contributed by atoms with Gasteiger partial charge in [0.25, 0.3) is 0 Å². The van der Waals surface area contributed by atoms with E-state index in [1.54, 1.807) is 12.1 Å². The highest BCUT2D eigenvalue weighted by atomic mass is 16.5. The van der Waals surface area contributed by atoms with Crippen molar-refractivity contribution in [2.45, 2.75) is 13.0 Å². The normalized spacial score (nSPS) is 26.1. The molecular formula is C18H25N3O2. The monoisotopic (exact) mass is 315 g/mol. The van der Waals surface area contributed by atoms with Crippen LogP contribution < -0.4 is 4.74 Å². The first kappa shape index (κ1) is 16.3. The van der Waals surface area contributed by atoms with Gasteiger partial charge in [-0.3, -0.25) is 9.80 Å². The Hall–Kier alpha value is -1.61. The van der Waals surface area contributed by atoms with Crippen LogP contribution in [0.2, 0.25) is 0 Å². The zero-order valence-electron chi connectivity index (χ0n) is 13.8. The van der Waals surface area contributed by atoms with Crippen LogP contribution in [0, 0.1) is 17.2 Å². The van der Waals surface area contributed by atoms with Crippen LogP contribution in [0.3, 0.4) is 0 Å². The molecule has 0 aliphatic carbocycles. The summed E-state index contributed by atoms with van der Waals surface area (Å²) in [5.74, 6) is 1.53. The van der Waals surface area contributed by atoms with Gasteiger partial charge >= 0.3 is 0 Å². The third kappa shape index (κ3) is 4.23. The molecule has 0 spiro atoms. The van der Waals surface area contributed by atoms with Gasteiger partial charge in [-0.2, -0.15) is 5.26 Å². The number of hydrogen-bond acceptors (Lipinski definition) is 5. The zero-order chi connectivity index (χ0) is 16.1. The minimum atomic E-state index is 0.647. The fraction of sp³-hybridized carbons (Fsp3) is 0.611. The van der Waals surface area contributed by atoms with E-state index in [1.165, 1.54) is 0 Å². The SMILES string of the molecule is CC1CN(CCOc2ccc(C#N)cc2)CC1N1CCOCC1. The summed E-state index contributed by atoms with van der Waals surface area (Å²) in [5.41, 5.74) is 0.666. The lowest BCUT2D eigenvalue weighted by molar-refractivity contribution is 0.0117. The van der Waals surface area contributed by atoms with Crippen molar-refractivity contribution < 1.29 is 9.47 Å². The predicted octanol–water partition coefficient (Wildman–Crippen LogP) is 1.59. The summed E-state index contributed by atoms with van der Waals surface area (Å²) < 4.78 is 11.3. The summed E-state index contributed by atoms with van der Waals surface area (Å²) in [4.78, 5) is 5.07. The summed E-state index contributed by atoms with van der Waals surface area (Å²) in [6.45, 7) is 10.1. The van der Waals surface area contributed by atoms with Crippen LogP contribution in [0.4, 0.5) is 0 Å². The standard InChI is InChI=1S/C18H25N3O2/c1-15-13-20(14-18(15)21-7-9-22-10-8-21)6-11-23-17-4-2-16(12-19)3-5-17/h2-5,15,18H,6-11,13-14H2,1H3. The minimum Gasteiger partial charge on any atom is -0.492 e. The second-order valence-electron chi connectivity index (χ2n) is 6.44. The highest BCUT2D eigenvalue weighted by Crippen LogP contribution is 2.22. The molecule has 0 bridgehead atoms. The number of benzene rings is 1. The molecule has 1 aromatic rings. The summed E-state index contributed by atoms with van der Waals surface area (Å²) in [5, 5.41) is 8.80. The first-order valence-electron chi connectivity index (χ1n) is 8.43. The molecule has 0 N–H and O–H groups in total. The molecular weight excluding hydrogens is 290 g/mol. The Balaban J connectivity index is 1.43. The van der Waals surface area contributed by atoms with Crippen LogP contribution in [-0.2, 0) is 4.74 Å². The van der Waals surface area contributed by atoms with Gasteiger partial charge in [-0.25, -0.2) is 0 Å². The number of morpholine rings is 1. The average molecular weight is 315 g/mol. The second-order valence-corrected chi connectivity index (χ2v) is 6.44. The topological polar surface area (TPSA) is 48.7 Å². The summed E-state index contributed by atoms with van der Waals surface area (Å²) in [7, 11) is 0. The van der Waals surface area contributed by atoms with Gasteiger partial charge in [0.05, 0.1) is 24.8 Å². The number of nitrogens with zero attached hydrogens (tertiary/aromatic N) is 3. The smallest absolute Gasteiger partial charge is 0.119 e. The summed E-state index contributed by atoms with van der Waals surface area (Å²) >= 11 is 0. The van der Waals surface area contributed by atoms with Gasteiger partial charge in [0.2, 0.25) is 0 Å². The summed E-state index contributed by atoms with van der Waals surface area (Å²) in [6.07, 6.45) is 0. The van der Waals surface area contributed by atoms with Crippen molar-refractivity contribution in [2.75, 3.05) is 52.5 Å². The first-order chi connectivity index (χ1) is 11.3. The van der Waals surface area contributed by atoms with Gasteiger partial charge < -0.3 is 9.47 Å². The van der Waals surface area contributed by atoms with Crippen molar-refractivity contribution in [1.29, 1.82) is 5.26 Å². The number of rotatable bonds is 5. The quantitative estimate of drug-likeness (QED) is 0.826. The highest BCUT2D eigenvalue weighted by Gasteiger charge is 2.34. The van der Waals surface area contributed by atoms with Gasteiger partial charge in [0.1, 0.15) is 12.4 Å². The van der Waals surface area contributed by atoms with E-state index >= 15 is 0 Å². The van der Waals surface area contributed by atoms with E-state index < -0.39 is 0 Å². The van der Waals surface area contributed by atoms with Gasteiger partial charge in [0.15, 0.2) is 0 Å². The molecule has 2 aliphatic rings. The van der Waals surface area contributed by atoms with Crippen molar-refractivity contribution in [3.8, 4) is 11.8 Å². The van der Waals surface area contributed by atoms with E-state index in [2.05, 4.69) is 22.8 Å². The van der Waals surface area contributed by atoms with E-state index in [0.29, 0.717) is 24.1 Å². The lowest BCUT2D eigenvalue weighted by atomic mass is 10.0. The Morgan fingerprint density at radius 3 is 2.65 bits per heavy atom. The average Bonchev–Trinajstić information content (AvgIpc) is 2.97. The van der Waals surface area contributed by atoms with Crippen LogP contribution in [0.25, 0.3) is 0 Å². The molecule has 5 nitrogen and oxygen atoms in total. The molecule has 2 aliphatic heterocycles. The maximum absolute atomic E-state index is 8.80. The molecule has 2 saturated heterocycles. The number of ether oxygens (including phenoxy) is 2. The van der Waals surface area contributed by atoms with E-state index in [1.807, 2.05) is 12.1 Å². The molecule has 2 heterocycles. The van der Waals surface area contributed by atoms with Gasteiger partial charge in [0, 0.05) is 38.8 Å². The molecule has 23 heavy (non-hydrogen) atoms. The van der Waals surface area contributed by atoms with Crippen LogP contribution in [-0.4, -0.2) is 68.4 Å². The van der Waals surface area contributed by atoms with Crippen LogP contribution in [0.1, 0.15) is 12.5 Å². The second kappa shape index (κ2) is 7.78. The van der Waals surface area contributed by atoms with Crippen molar-refractivity contribution in [3.05, 3.63) is 29.8 Å². The maximum Gasteiger partial charge on any atom is 0.119 e. The molecule has 0 amide bonds. The Morgan fingerprint density at radius 1 is 1.22 bits per heavy atom. The first-order valence-corrected chi connectivity index (χ1v) is 8.43. The predicted molar refractivity (Wildman–Crippen MR) is 88.4 cm³/mol. The lowest BCUT2D eigenvalue weighted by Crippen LogP contribution is -2.46. The van der Waals surface area contributed by atoms with Crippen molar-refractivity contribution >= 4 is 0 Å². The third-order valence-electron chi connectivity index (χ3n) is 4.82. The zero-order valence-corrected chi connectivity index (χ0v) is 13.8. The fourth-order valence-corrected chi connectivity index (χ4v) is 3.53. The Morgan fingerprint density at radius 2 is 1.96 bits per heavy atom. The number of likely N-dealkylation sites (tertiary alicyclic amines) is 1. The van der Waals surface area contributed by atoms with Gasteiger partial charge in [-0.15, -0.1) is 0 Å². The molecule has 2 unspecified atom stereocenters. The molecule has 0 aromatic heterocycles. The molecule has 0 saturated carbocycles. The molecule has 3 rings (SSSR count). The van der Waals surface area contributed by atoms with Crippen molar-refractivity contribution in [3.63, 3.8) is 0 Å². The van der Waals surface area contributed by atoms with Crippen LogP contribution >= 0.6 is 0 Å². The molecule has 2 fully saturated rings. The van der Waals surface area contributed by atoms with E-state index in [4.69, 9.17) is 14.7 Å². The van der Waals surface area contributed by atoms with E-state index in [-0.39, 0.29) is 0 Å². The highest BCUT2D eigenvalue weighted by molar-refractivity contribution is 5.34. The van der Waals surface area contributed by atoms with Crippen LogP contribution in [0.15, 0.2) is 24.3 Å². The number of nitriles is 1. The third-order valence-corrected chi connectivity index (χ3v) is 4.82. The minimum absolute atomic E-state index is 0.647. The Kier molecular flexibility index (Phi) is 5.50. The van der Waals surface area contributed by atoms with Gasteiger partial charge in [-0.1, -0.05) is 6.92 Å². The Bertz CT molecular complexity index is 534. The van der Waals surface area contributed by atoms with E-state index in [0.717, 1.165) is 51.7 Å². The molecule has 1 aromatic carbocycles. The number of hydrogen-bond donors (Lipinski definition) is 0. The maximum atomic E-state index is 8.80. The fourth-order valence-electron chi connectivity index (χ4n) is 3.53. The lowest BCUT2D eigenvalue weighted by Gasteiger charge is -2.34. The van der Waals surface area contributed by atoms with E-state index in [9.17, 15) is 0 Å². The molecule has 0 radical (unpaired) electrons. The molecule has 5 heteroatoms. The molecule has 124 valence electrons. The largest absolute Gasteiger partial charge is 0.492 e. The molecule has 2 atom stereocenters. The van der Waals surface area contributed by atoms with Gasteiger partial charge in [-0.05, 0) is 30.2 Å². The van der Waals surface area contributed by atoms with Crippen molar-refractivity contribution in [2.24, 2.45) is 5.92 Å². The van der Waals surface area contributed by atoms with Crippen LogP contribution in [0.5, 0.6) is 5.75 Å². The Labute approximate surface area is 138 Å². The summed E-state index contributed by atoms with van der Waals surface area (Å²) in [6, 6.07) is 10.1. The van der Waals surface area contributed by atoms with Crippen molar-refractivity contribution in [1.82, 2.24) is 9.80 Å².